The molecule has 0 fully saturated rings. The lowest BCUT2D eigenvalue weighted by Crippen LogP contribution is -2.20. The first-order valence-electron chi connectivity index (χ1n) is 4.44. The SMILES string of the molecule is NNCc1ccc2c(c1)CCC2. The monoisotopic (exact) mass is 162 g/mol. The molecule has 1 aliphatic carbocycles. The molecule has 2 heteroatoms. The molecule has 1 aromatic rings. The lowest BCUT2D eigenvalue weighted by molar-refractivity contribution is 0.740. The number of nitrogens with one attached hydrogen (secondary N) is 1. The zero-order valence-electron chi connectivity index (χ0n) is 7.14. The smallest absolute Gasteiger partial charge is 0.0348 e. The van der Waals surface area contributed by atoms with Crippen LogP contribution in [-0.2, 0) is 19.4 Å². The van der Waals surface area contributed by atoms with Crippen LogP contribution in [0.2, 0.25) is 0 Å². The van der Waals surface area contributed by atoms with Crippen molar-refractivity contribution in [2.24, 2.45) is 5.84 Å². The van der Waals surface area contributed by atoms with E-state index in [4.69, 9.17) is 5.84 Å². The van der Waals surface area contributed by atoms with E-state index in [0.717, 1.165) is 6.54 Å². The Bertz CT molecular complexity index is 281. The number of nitrogens with two attached hydrogens (primary N) is 1. The van der Waals surface area contributed by atoms with Gasteiger partial charge in [0.25, 0.3) is 0 Å². The first-order valence-corrected chi connectivity index (χ1v) is 4.44. The van der Waals surface area contributed by atoms with Crippen molar-refractivity contribution in [2.45, 2.75) is 25.8 Å². The fourth-order valence-electron chi connectivity index (χ4n) is 1.85. The summed E-state index contributed by atoms with van der Waals surface area (Å²) in [5, 5.41) is 0. The normalized spacial score (nSPS) is 14.8. The van der Waals surface area contributed by atoms with E-state index < -0.39 is 0 Å². The van der Waals surface area contributed by atoms with Gasteiger partial charge in [0.1, 0.15) is 0 Å². The summed E-state index contributed by atoms with van der Waals surface area (Å²) in [4.78, 5) is 0. The highest BCUT2D eigenvalue weighted by atomic mass is 15.2. The Hall–Kier alpha value is -0.860. The molecule has 0 atom stereocenters. The zero-order chi connectivity index (χ0) is 8.39. The standard InChI is InChI=1S/C10H14N2/c11-12-7-8-4-5-9-2-1-3-10(9)6-8/h4-6,12H,1-3,7,11H2. The molecule has 1 aliphatic rings. The van der Waals surface area contributed by atoms with E-state index in [-0.39, 0.29) is 0 Å². The first-order chi connectivity index (χ1) is 5.90. The Kier molecular flexibility index (Phi) is 2.11. The molecule has 0 unspecified atom stereocenters. The number of hydrogen-bond donors (Lipinski definition) is 2. The van der Waals surface area contributed by atoms with Crippen LogP contribution in [0.25, 0.3) is 0 Å². The minimum atomic E-state index is 0.771. The molecule has 2 nitrogen and oxygen atoms in total. The molecular formula is C10H14N2. The minimum absolute atomic E-state index is 0.771. The van der Waals surface area contributed by atoms with Gasteiger partial charge < -0.3 is 0 Å². The summed E-state index contributed by atoms with van der Waals surface area (Å²) < 4.78 is 0. The summed E-state index contributed by atoms with van der Waals surface area (Å²) in [6.45, 7) is 0.771. The molecule has 0 spiro atoms. The van der Waals surface area contributed by atoms with Gasteiger partial charge in [-0.3, -0.25) is 11.3 Å². The van der Waals surface area contributed by atoms with Crippen molar-refractivity contribution in [1.29, 1.82) is 0 Å². The van der Waals surface area contributed by atoms with Crippen molar-refractivity contribution in [3.05, 3.63) is 34.9 Å². The molecule has 64 valence electrons. The van der Waals surface area contributed by atoms with E-state index in [2.05, 4.69) is 23.6 Å². The maximum atomic E-state index is 5.26. The molecule has 1 aromatic carbocycles. The molecular weight excluding hydrogens is 148 g/mol. The molecule has 0 bridgehead atoms. The third-order valence-electron chi connectivity index (χ3n) is 2.47. The van der Waals surface area contributed by atoms with Crippen LogP contribution < -0.4 is 11.3 Å². The zero-order valence-corrected chi connectivity index (χ0v) is 7.14. The molecule has 0 heterocycles. The van der Waals surface area contributed by atoms with Crippen molar-refractivity contribution < 1.29 is 0 Å². The highest BCUT2D eigenvalue weighted by molar-refractivity contribution is 5.35. The summed E-state index contributed by atoms with van der Waals surface area (Å²) in [7, 11) is 0. The van der Waals surface area contributed by atoms with Gasteiger partial charge in [-0.05, 0) is 36.0 Å². The van der Waals surface area contributed by atoms with Gasteiger partial charge in [0.15, 0.2) is 0 Å². The number of hydrazine groups is 1. The Morgan fingerprint density at radius 1 is 1.25 bits per heavy atom. The lowest BCUT2D eigenvalue weighted by Gasteiger charge is -2.03. The maximum Gasteiger partial charge on any atom is 0.0348 e. The number of hydrogen-bond acceptors (Lipinski definition) is 2. The molecule has 0 saturated carbocycles. The second-order valence-corrected chi connectivity index (χ2v) is 3.34. The van der Waals surface area contributed by atoms with Crippen molar-refractivity contribution in [2.75, 3.05) is 0 Å². The summed E-state index contributed by atoms with van der Waals surface area (Å²) in [5.74, 6) is 5.26. The van der Waals surface area contributed by atoms with E-state index in [1.54, 1.807) is 0 Å². The van der Waals surface area contributed by atoms with Crippen molar-refractivity contribution >= 4 is 0 Å². The molecule has 0 saturated heterocycles. The van der Waals surface area contributed by atoms with E-state index in [0.29, 0.717) is 0 Å². The van der Waals surface area contributed by atoms with Crippen LogP contribution >= 0.6 is 0 Å². The van der Waals surface area contributed by atoms with Gasteiger partial charge in [0.2, 0.25) is 0 Å². The van der Waals surface area contributed by atoms with Crippen LogP contribution in [0.15, 0.2) is 18.2 Å². The Balaban J connectivity index is 2.26. The van der Waals surface area contributed by atoms with Gasteiger partial charge in [-0.2, -0.15) is 0 Å². The van der Waals surface area contributed by atoms with Gasteiger partial charge in [0, 0.05) is 6.54 Å². The predicted octanol–water partition coefficient (Wildman–Crippen LogP) is 1.14. The largest absolute Gasteiger partial charge is 0.271 e. The number of fused-ring (bicyclic) bond motifs is 1. The quantitative estimate of drug-likeness (QED) is 0.505. The number of aryl methyl sites for hydroxylation is 2. The average molecular weight is 162 g/mol. The molecule has 2 rings (SSSR count). The first kappa shape index (κ1) is 7.77. The van der Waals surface area contributed by atoms with Crippen LogP contribution in [0.5, 0.6) is 0 Å². The predicted molar refractivity (Wildman–Crippen MR) is 49.5 cm³/mol. The number of rotatable bonds is 2. The van der Waals surface area contributed by atoms with Crippen molar-refractivity contribution in [1.82, 2.24) is 5.43 Å². The summed E-state index contributed by atoms with van der Waals surface area (Å²) in [6.07, 6.45) is 3.81. The molecule has 0 amide bonds. The van der Waals surface area contributed by atoms with Crippen LogP contribution in [0.4, 0.5) is 0 Å². The van der Waals surface area contributed by atoms with Crippen LogP contribution in [0, 0.1) is 0 Å². The van der Waals surface area contributed by atoms with E-state index in [9.17, 15) is 0 Å². The van der Waals surface area contributed by atoms with Crippen LogP contribution in [-0.4, -0.2) is 0 Å². The highest BCUT2D eigenvalue weighted by Crippen LogP contribution is 2.22. The lowest BCUT2D eigenvalue weighted by atomic mass is 10.1. The molecule has 0 aliphatic heterocycles. The summed E-state index contributed by atoms with van der Waals surface area (Å²) in [6, 6.07) is 6.65. The Morgan fingerprint density at radius 2 is 2.08 bits per heavy atom. The van der Waals surface area contributed by atoms with Crippen LogP contribution in [0.3, 0.4) is 0 Å². The van der Waals surface area contributed by atoms with Gasteiger partial charge in [-0.1, -0.05) is 18.2 Å². The van der Waals surface area contributed by atoms with E-state index in [1.807, 2.05) is 0 Å². The molecule has 12 heavy (non-hydrogen) atoms. The summed E-state index contributed by atoms with van der Waals surface area (Å²) >= 11 is 0. The van der Waals surface area contributed by atoms with Gasteiger partial charge in [0.05, 0.1) is 0 Å². The second-order valence-electron chi connectivity index (χ2n) is 3.34. The Labute approximate surface area is 72.7 Å². The maximum absolute atomic E-state index is 5.26. The molecule has 0 radical (unpaired) electrons. The van der Waals surface area contributed by atoms with Gasteiger partial charge >= 0.3 is 0 Å². The minimum Gasteiger partial charge on any atom is -0.271 e. The summed E-state index contributed by atoms with van der Waals surface area (Å²) in [5.41, 5.74) is 7.01. The van der Waals surface area contributed by atoms with Gasteiger partial charge in [-0.25, -0.2) is 0 Å². The fourth-order valence-corrected chi connectivity index (χ4v) is 1.85. The third-order valence-corrected chi connectivity index (χ3v) is 2.47. The fraction of sp³-hybridized carbons (Fsp3) is 0.400. The van der Waals surface area contributed by atoms with E-state index >= 15 is 0 Å². The van der Waals surface area contributed by atoms with Crippen molar-refractivity contribution in [3.63, 3.8) is 0 Å². The average Bonchev–Trinajstić information content (AvgIpc) is 2.51. The third kappa shape index (κ3) is 1.36. The molecule has 3 N–H and O–H groups in total. The van der Waals surface area contributed by atoms with Crippen molar-refractivity contribution in [3.8, 4) is 0 Å². The van der Waals surface area contributed by atoms with Gasteiger partial charge in [-0.15, -0.1) is 0 Å². The Morgan fingerprint density at radius 3 is 2.92 bits per heavy atom. The van der Waals surface area contributed by atoms with E-state index in [1.165, 1.54) is 36.0 Å². The second kappa shape index (κ2) is 3.25. The highest BCUT2D eigenvalue weighted by Gasteiger charge is 2.09. The topological polar surface area (TPSA) is 38.0 Å². The van der Waals surface area contributed by atoms with Crippen LogP contribution in [0.1, 0.15) is 23.1 Å². The number of benzene rings is 1. The molecule has 0 aromatic heterocycles.